The van der Waals surface area contributed by atoms with Gasteiger partial charge in [0.15, 0.2) is 11.5 Å². The van der Waals surface area contributed by atoms with Crippen LogP contribution in [0.4, 0.5) is 61.2 Å². The number of fused-ring (bicyclic) bond motifs is 6. The largest absolute Gasteiger partial charge is 0.490 e. The molecule has 0 saturated heterocycles. The number of ether oxygens (including phenoxy) is 1. The monoisotopic (exact) mass is 704 g/mol. The Labute approximate surface area is 270 Å². The van der Waals surface area contributed by atoms with Gasteiger partial charge in [0.05, 0.1) is 12.8 Å². The lowest BCUT2D eigenvalue weighted by molar-refractivity contribution is -0.193. The average molecular weight is 705 g/mol. The van der Waals surface area contributed by atoms with Crippen LogP contribution >= 0.6 is 11.6 Å². The number of carboxylic acid groups (broad SMARTS) is 2. The first-order chi connectivity index (χ1) is 22.5. The van der Waals surface area contributed by atoms with Crippen LogP contribution in [0.3, 0.4) is 0 Å². The summed E-state index contributed by atoms with van der Waals surface area (Å²) in [5.41, 5.74) is 4.80. The second kappa shape index (κ2) is 15.8. The molecule has 6 bridgehead atoms. The number of carbonyl (C=O) groups is 3. The second-order valence-corrected chi connectivity index (χ2v) is 9.61. The molecule has 0 amide bonds. The number of nitrogens with zero attached hydrogens (tertiary/aromatic N) is 3. The number of aryl methyl sites for hydroxylation is 2. The number of nitrogens with one attached hydrogen (secondary N) is 3. The smallest absolute Gasteiger partial charge is 0.475 e. The Bertz CT molecular complexity index is 1740. The van der Waals surface area contributed by atoms with Gasteiger partial charge in [-0.25, -0.2) is 19.4 Å². The van der Waals surface area contributed by atoms with Gasteiger partial charge in [-0.3, -0.25) is 0 Å². The van der Waals surface area contributed by atoms with Crippen molar-refractivity contribution in [3.8, 4) is 0 Å². The maximum atomic E-state index is 11.9. The van der Waals surface area contributed by atoms with E-state index in [2.05, 4.69) is 43.0 Å². The van der Waals surface area contributed by atoms with Gasteiger partial charge >= 0.3 is 30.3 Å². The fourth-order valence-electron chi connectivity index (χ4n) is 3.61. The van der Waals surface area contributed by atoms with Crippen LogP contribution in [0, 0.1) is 0 Å². The first-order valence-corrected chi connectivity index (χ1v) is 13.6. The molecule has 13 nitrogen and oxygen atoms in total. The summed E-state index contributed by atoms with van der Waals surface area (Å²) in [5, 5.41) is 24.3. The molecule has 0 fully saturated rings. The van der Waals surface area contributed by atoms with E-state index in [0.717, 1.165) is 41.0 Å². The predicted octanol–water partition coefficient (Wildman–Crippen LogP) is 6.89. The molecule has 256 valence electrons. The summed E-state index contributed by atoms with van der Waals surface area (Å²) >= 11 is 6.34. The van der Waals surface area contributed by atoms with Crippen molar-refractivity contribution in [3.05, 3.63) is 76.8 Å². The van der Waals surface area contributed by atoms with Crippen LogP contribution in [0.15, 0.2) is 59.3 Å². The quantitative estimate of drug-likeness (QED) is 0.109. The summed E-state index contributed by atoms with van der Waals surface area (Å²) in [4.78, 5) is 42.7. The van der Waals surface area contributed by atoms with Crippen LogP contribution in [-0.2, 0) is 27.2 Å². The van der Waals surface area contributed by atoms with Gasteiger partial charge < -0.3 is 35.3 Å². The Balaban J connectivity index is 0.000000376. The van der Waals surface area contributed by atoms with Crippen LogP contribution in [0.25, 0.3) is 0 Å². The van der Waals surface area contributed by atoms with Crippen LogP contribution in [0.5, 0.6) is 0 Å². The lowest BCUT2D eigenvalue weighted by atomic mass is 10.0. The highest BCUT2D eigenvalue weighted by Gasteiger charge is 2.38. The minimum absolute atomic E-state index is 0.112. The highest BCUT2D eigenvalue weighted by atomic mass is 35.5. The van der Waals surface area contributed by atoms with Gasteiger partial charge in [-0.15, -0.1) is 0 Å². The van der Waals surface area contributed by atoms with Crippen molar-refractivity contribution in [2.45, 2.75) is 32.1 Å². The molecule has 2 aromatic heterocycles. The summed E-state index contributed by atoms with van der Waals surface area (Å²) in [6, 6.07) is 14.1. The van der Waals surface area contributed by atoms with E-state index in [1.807, 2.05) is 30.3 Å². The molecule has 1 aliphatic rings. The third-order valence-electron chi connectivity index (χ3n) is 5.69. The SMILES string of the molecule is CCOC(=O)c1coc(Nc2ccc3cc2CCc2cccc(c2)Nc2ncc(Cl)c(n2)N3)n1.O=C(O)C(F)(F)F.O=C(O)C(F)(F)F. The zero-order chi connectivity index (χ0) is 35.6. The summed E-state index contributed by atoms with van der Waals surface area (Å²) in [6.07, 6.45) is -5.79. The zero-order valence-corrected chi connectivity index (χ0v) is 25.0. The fourth-order valence-corrected chi connectivity index (χ4v) is 3.75. The van der Waals surface area contributed by atoms with Gasteiger partial charge in [-0.1, -0.05) is 23.7 Å². The number of aliphatic carboxylic acids is 2. The summed E-state index contributed by atoms with van der Waals surface area (Å²) in [5.74, 6) is -5.10. The fraction of sp³-hybridized carbons (Fsp3) is 0.214. The van der Waals surface area contributed by atoms with Crippen LogP contribution in [0.1, 0.15) is 28.5 Å². The van der Waals surface area contributed by atoms with Crippen molar-refractivity contribution in [3.63, 3.8) is 0 Å². The number of oxazole rings is 1. The van der Waals surface area contributed by atoms with Crippen molar-refractivity contribution in [2.75, 3.05) is 22.6 Å². The number of hydrogen-bond donors (Lipinski definition) is 5. The molecule has 0 radical (unpaired) electrons. The van der Waals surface area contributed by atoms with Crippen molar-refractivity contribution in [1.82, 2.24) is 15.0 Å². The van der Waals surface area contributed by atoms with Crippen molar-refractivity contribution in [1.29, 1.82) is 0 Å². The first-order valence-electron chi connectivity index (χ1n) is 13.2. The third-order valence-corrected chi connectivity index (χ3v) is 5.97. The number of anilines is 6. The van der Waals surface area contributed by atoms with Crippen molar-refractivity contribution < 1.29 is 60.1 Å². The lowest BCUT2D eigenvalue weighted by Crippen LogP contribution is -2.21. The number of carbonyl (C=O) groups excluding carboxylic acids is 1. The molecule has 5 rings (SSSR count). The summed E-state index contributed by atoms with van der Waals surface area (Å²) < 4.78 is 73.9. The number of aromatic nitrogens is 3. The van der Waals surface area contributed by atoms with Gasteiger partial charge in [-0.2, -0.15) is 36.3 Å². The number of hydrogen-bond acceptors (Lipinski definition) is 11. The highest BCUT2D eigenvalue weighted by molar-refractivity contribution is 6.32. The van der Waals surface area contributed by atoms with E-state index in [4.69, 9.17) is 40.6 Å². The summed E-state index contributed by atoms with van der Waals surface area (Å²) in [7, 11) is 0. The first kappa shape index (κ1) is 36.9. The molecular weight excluding hydrogens is 682 g/mol. The zero-order valence-electron chi connectivity index (χ0n) is 24.2. The van der Waals surface area contributed by atoms with Gasteiger partial charge in [0.1, 0.15) is 11.3 Å². The van der Waals surface area contributed by atoms with Crippen LogP contribution in [0.2, 0.25) is 5.02 Å². The third kappa shape index (κ3) is 11.0. The summed E-state index contributed by atoms with van der Waals surface area (Å²) in [6.45, 7) is 2.00. The number of esters is 1. The Morgan fingerprint density at radius 1 is 0.958 bits per heavy atom. The Hall–Kier alpha value is -5.59. The van der Waals surface area contributed by atoms with E-state index in [1.54, 1.807) is 13.1 Å². The van der Waals surface area contributed by atoms with Gasteiger partial charge in [0, 0.05) is 17.1 Å². The molecular formula is C28H23ClF6N6O7. The van der Waals surface area contributed by atoms with E-state index < -0.39 is 30.3 Å². The van der Waals surface area contributed by atoms with E-state index >= 15 is 0 Å². The molecule has 0 spiro atoms. The maximum Gasteiger partial charge on any atom is 0.490 e. The number of rotatable bonds is 4. The molecule has 48 heavy (non-hydrogen) atoms. The van der Waals surface area contributed by atoms with Crippen molar-refractivity contribution in [2.24, 2.45) is 0 Å². The molecule has 5 N–H and O–H groups in total. The van der Waals surface area contributed by atoms with Gasteiger partial charge in [0.25, 0.3) is 6.01 Å². The number of halogens is 7. The second-order valence-electron chi connectivity index (χ2n) is 9.20. The molecule has 2 aromatic carbocycles. The number of benzene rings is 2. The molecule has 0 unspecified atom stereocenters. The van der Waals surface area contributed by atoms with Crippen LogP contribution in [-0.4, -0.2) is 62.0 Å². The van der Waals surface area contributed by atoms with E-state index in [-0.39, 0.29) is 18.3 Å². The van der Waals surface area contributed by atoms with E-state index in [1.165, 1.54) is 6.26 Å². The van der Waals surface area contributed by atoms with Crippen LogP contribution < -0.4 is 16.0 Å². The lowest BCUT2D eigenvalue weighted by Gasteiger charge is -2.14. The Kier molecular flexibility index (Phi) is 12.1. The number of alkyl halides is 6. The molecule has 0 atom stereocenters. The Morgan fingerprint density at radius 3 is 2.23 bits per heavy atom. The minimum atomic E-state index is -5.08. The minimum Gasteiger partial charge on any atom is -0.475 e. The standard InChI is InChI=1S/C24H21ClN6O3.2C2HF3O2/c1-2-33-22(32)20-13-34-24(30-20)29-19-9-8-17-11-15(19)7-6-14-4-3-5-16(10-14)28-23-26-12-18(25)21(27-17)31-23;2*3-2(4,5)1(6)7/h3-5,8-13H,2,6-7H2,1H3,(H,29,30)(H2,26,27,28,31);2*(H,6,7). The topological polar surface area (TPSA) is 189 Å². The molecule has 4 aromatic rings. The number of carboxylic acids is 2. The molecule has 0 aliphatic carbocycles. The average Bonchev–Trinajstić information content (AvgIpc) is 3.47. The van der Waals surface area contributed by atoms with E-state index in [9.17, 15) is 31.1 Å². The van der Waals surface area contributed by atoms with E-state index in [0.29, 0.717) is 16.8 Å². The van der Waals surface area contributed by atoms with Gasteiger partial charge in [-0.05, 0) is 61.2 Å². The van der Waals surface area contributed by atoms with Gasteiger partial charge in [0.2, 0.25) is 5.95 Å². The molecule has 20 heteroatoms. The maximum absolute atomic E-state index is 11.9. The molecule has 1 aliphatic heterocycles. The normalized spacial score (nSPS) is 12.0. The highest BCUT2D eigenvalue weighted by Crippen LogP contribution is 2.30. The Morgan fingerprint density at radius 2 is 1.60 bits per heavy atom. The predicted molar refractivity (Wildman–Crippen MR) is 157 cm³/mol. The van der Waals surface area contributed by atoms with Crippen molar-refractivity contribution >= 4 is 64.4 Å². The molecule has 3 heterocycles. The molecule has 0 saturated carbocycles.